The van der Waals surface area contributed by atoms with Gasteiger partial charge in [0.1, 0.15) is 5.69 Å². The first kappa shape index (κ1) is 16.6. The highest BCUT2D eigenvalue weighted by Gasteiger charge is 2.15. The maximum atomic E-state index is 12.6. The van der Waals surface area contributed by atoms with Crippen LogP contribution in [0, 0.1) is 4.77 Å². The molecule has 1 amide bonds. The first-order chi connectivity index (χ1) is 11.5. The number of para-hydroxylation sites is 1. The fourth-order valence-corrected chi connectivity index (χ4v) is 2.97. The number of amides is 1. The molecule has 1 heterocycles. The van der Waals surface area contributed by atoms with Gasteiger partial charge in [-0.1, -0.05) is 41.4 Å². The maximum absolute atomic E-state index is 12.6. The SMILES string of the molecule is Nc1c(Cl)cc(NC(=O)c2c[nH]c(=S)n2-c2ccccc2)cc1Cl. The molecule has 0 fully saturated rings. The third kappa shape index (κ3) is 3.17. The molecular formula is C16H12Cl2N4OS. The number of carbonyl (C=O) groups is 1. The molecule has 0 bridgehead atoms. The molecule has 1 aromatic heterocycles. The third-order valence-corrected chi connectivity index (χ3v) is 4.29. The van der Waals surface area contributed by atoms with Gasteiger partial charge in [-0.2, -0.15) is 0 Å². The lowest BCUT2D eigenvalue weighted by Gasteiger charge is -2.10. The number of H-pyrrole nitrogens is 1. The summed E-state index contributed by atoms with van der Waals surface area (Å²) in [6.45, 7) is 0. The molecule has 24 heavy (non-hydrogen) atoms. The number of nitrogens with one attached hydrogen (secondary N) is 2. The van der Waals surface area contributed by atoms with Gasteiger partial charge >= 0.3 is 0 Å². The van der Waals surface area contributed by atoms with E-state index in [0.29, 0.717) is 16.2 Å². The third-order valence-electron chi connectivity index (χ3n) is 3.36. The van der Waals surface area contributed by atoms with Gasteiger partial charge in [0, 0.05) is 17.6 Å². The number of carbonyl (C=O) groups excluding carboxylic acids is 1. The number of anilines is 2. The van der Waals surface area contributed by atoms with E-state index in [9.17, 15) is 4.79 Å². The number of aromatic nitrogens is 2. The van der Waals surface area contributed by atoms with E-state index in [-0.39, 0.29) is 21.6 Å². The maximum Gasteiger partial charge on any atom is 0.274 e. The smallest absolute Gasteiger partial charge is 0.274 e. The van der Waals surface area contributed by atoms with Gasteiger partial charge in [0.05, 0.1) is 15.7 Å². The van der Waals surface area contributed by atoms with Crippen LogP contribution in [0.1, 0.15) is 10.5 Å². The molecular weight excluding hydrogens is 367 g/mol. The Hall–Kier alpha value is -2.28. The molecule has 0 aliphatic rings. The van der Waals surface area contributed by atoms with Crippen molar-refractivity contribution in [2.75, 3.05) is 11.1 Å². The highest BCUT2D eigenvalue weighted by molar-refractivity contribution is 7.71. The van der Waals surface area contributed by atoms with Crippen LogP contribution >= 0.6 is 35.4 Å². The van der Waals surface area contributed by atoms with Crippen LogP contribution in [0.4, 0.5) is 11.4 Å². The molecule has 122 valence electrons. The number of aromatic amines is 1. The molecule has 3 aromatic rings. The van der Waals surface area contributed by atoms with E-state index in [2.05, 4.69) is 10.3 Å². The van der Waals surface area contributed by atoms with Crippen molar-refractivity contribution < 1.29 is 4.79 Å². The molecule has 0 spiro atoms. The van der Waals surface area contributed by atoms with Crippen LogP contribution in [0.5, 0.6) is 0 Å². The van der Waals surface area contributed by atoms with Gasteiger partial charge in [-0.15, -0.1) is 0 Å². The minimum absolute atomic E-state index is 0.269. The Morgan fingerprint density at radius 3 is 2.42 bits per heavy atom. The Labute approximate surface area is 153 Å². The van der Waals surface area contributed by atoms with Crippen LogP contribution in [-0.4, -0.2) is 15.5 Å². The number of benzene rings is 2. The quantitative estimate of drug-likeness (QED) is 0.457. The second kappa shape index (κ2) is 6.68. The first-order valence-electron chi connectivity index (χ1n) is 6.89. The largest absolute Gasteiger partial charge is 0.396 e. The van der Waals surface area contributed by atoms with E-state index in [1.165, 1.54) is 12.1 Å². The first-order valence-corrected chi connectivity index (χ1v) is 8.05. The van der Waals surface area contributed by atoms with Crippen LogP contribution in [0.3, 0.4) is 0 Å². The van der Waals surface area contributed by atoms with E-state index in [1.54, 1.807) is 10.8 Å². The van der Waals surface area contributed by atoms with Gasteiger partial charge in [0.2, 0.25) is 0 Å². The fourth-order valence-electron chi connectivity index (χ4n) is 2.22. The number of nitrogens with zero attached hydrogens (tertiary/aromatic N) is 1. The second-order valence-corrected chi connectivity index (χ2v) is 6.16. The van der Waals surface area contributed by atoms with Crippen molar-refractivity contribution in [1.29, 1.82) is 0 Å². The lowest BCUT2D eigenvalue weighted by Crippen LogP contribution is -2.16. The van der Waals surface area contributed by atoms with Gasteiger partial charge in [0.25, 0.3) is 5.91 Å². The van der Waals surface area contributed by atoms with Crippen molar-refractivity contribution in [2.45, 2.75) is 0 Å². The van der Waals surface area contributed by atoms with Crippen molar-refractivity contribution in [3.05, 3.63) is 69.2 Å². The molecule has 0 unspecified atom stereocenters. The van der Waals surface area contributed by atoms with Crippen molar-refractivity contribution in [3.63, 3.8) is 0 Å². The van der Waals surface area contributed by atoms with Crippen molar-refractivity contribution in [3.8, 4) is 5.69 Å². The molecule has 0 radical (unpaired) electrons. The number of hydrogen-bond acceptors (Lipinski definition) is 3. The number of hydrogen-bond donors (Lipinski definition) is 3. The van der Waals surface area contributed by atoms with Crippen molar-refractivity contribution >= 4 is 52.7 Å². The number of imidazole rings is 1. The normalized spacial score (nSPS) is 10.6. The summed E-state index contributed by atoms with van der Waals surface area (Å²) < 4.78 is 2.06. The summed E-state index contributed by atoms with van der Waals surface area (Å²) in [5, 5.41) is 3.28. The molecule has 0 atom stereocenters. The summed E-state index contributed by atoms with van der Waals surface area (Å²) in [6, 6.07) is 12.4. The van der Waals surface area contributed by atoms with Crippen LogP contribution in [0.2, 0.25) is 10.0 Å². The Balaban J connectivity index is 1.96. The topological polar surface area (TPSA) is 75.8 Å². The van der Waals surface area contributed by atoms with Gasteiger partial charge in [-0.3, -0.25) is 9.36 Å². The average Bonchev–Trinajstić information content (AvgIpc) is 2.95. The Kier molecular flexibility index (Phi) is 4.62. The average molecular weight is 379 g/mol. The van der Waals surface area contributed by atoms with Crippen LogP contribution < -0.4 is 11.1 Å². The summed E-state index contributed by atoms with van der Waals surface area (Å²) >= 11 is 17.2. The molecule has 5 nitrogen and oxygen atoms in total. The van der Waals surface area contributed by atoms with Gasteiger partial charge < -0.3 is 16.0 Å². The second-order valence-electron chi connectivity index (χ2n) is 4.96. The molecule has 0 saturated heterocycles. The summed E-state index contributed by atoms with van der Waals surface area (Å²) in [7, 11) is 0. The van der Waals surface area contributed by atoms with E-state index in [0.717, 1.165) is 5.69 Å². The predicted octanol–water partition coefficient (Wildman–Crippen LogP) is 4.68. The summed E-state index contributed by atoms with van der Waals surface area (Å²) in [5.41, 5.74) is 7.54. The van der Waals surface area contributed by atoms with E-state index >= 15 is 0 Å². The van der Waals surface area contributed by atoms with E-state index < -0.39 is 0 Å². The van der Waals surface area contributed by atoms with Gasteiger partial charge in [0.15, 0.2) is 4.77 Å². The molecule has 2 aromatic carbocycles. The van der Waals surface area contributed by atoms with E-state index in [4.69, 9.17) is 41.2 Å². The van der Waals surface area contributed by atoms with Crippen LogP contribution in [0.25, 0.3) is 5.69 Å². The zero-order valence-corrected chi connectivity index (χ0v) is 14.5. The van der Waals surface area contributed by atoms with Gasteiger partial charge in [-0.05, 0) is 36.5 Å². The number of nitrogens with two attached hydrogens (primary N) is 1. The zero-order valence-electron chi connectivity index (χ0n) is 12.2. The zero-order chi connectivity index (χ0) is 17.3. The minimum atomic E-state index is -0.358. The molecule has 4 N–H and O–H groups in total. The number of nitrogen functional groups attached to an aromatic ring is 1. The van der Waals surface area contributed by atoms with Crippen LogP contribution in [-0.2, 0) is 0 Å². The summed E-state index contributed by atoms with van der Waals surface area (Å²) in [4.78, 5) is 15.5. The predicted molar refractivity (Wildman–Crippen MR) is 99.8 cm³/mol. The Morgan fingerprint density at radius 2 is 1.79 bits per heavy atom. The molecule has 3 rings (SSSR count). The summed E-state index contributed by atoms with van der Waals surface area (Å²) in [6.07, 6.45) is 1.55. The Morgan fingerprint density at radius 1 is 1.17 bits per heavy atom. The summed E-state index contributed by atoms with van der Waals surface area (Å²) in [5.74, 6) is -0.358. The monoisotopic (exact) mass is 378 g/mol. The lowest BCUT2D eigenvalue weighted by atomic mass is 10.2. The van der Waals surface area contributed by atoms with Gasteiger partial charge in [-0.25, -0.2) is 0 Å². The Bertz CT molecular complexity index is 943. The van der Waals surface area contributed by atoms with Crippen LogP contribution in [0.15, 0.2) is 48.7 Å². The van der Waals surface area contributed by atoms with Crippen molar-refractivity contribution in [1.82, 2.24) is 9.55 Å². The fraction of sp³-hybridized carbons (Fsp3) is 0. The molecule has 0 aliphatic carbocycles. The highest BCUT2D eigenvalue weighted by atomic mass is 35.5. The molecule has 8 heteroatoms. The highest BCUT2D eigenvalue weighted by Crippen LogP contribution is 2.31. The lowest BCUT2D eigenvalue weighted by molar-refractivity contribution is 0.102. The molecule has 0 saturated carbocycles. The standard InChI is InChI=1S/C16H12Cl2N4OS/c17-11-6-9(7-12(18)14(11)19)21-15(23)13-8-20-16(24)22(13)10-4-2-1-3-5-10/h1-8H,19H2,(H,20,24)(H,21,23). The number of halogens is 2. The van der Waals surface area contributed by atoms with E-state index in [1.807, 2.05) is 30.3 Å². The van der Waals surface area contributed by atoms with Crippen molar-refractivity contribution in [2.24, 2.45) is 0 Å². The number of rotatable bonds is 3. The minimum Gasteiger partial charge on any atom is -0.396 e. The molecule has 0 aliphatic heterocycles.